The van der Waals surface area contributed by atoms with Crippen LogP contribution in [0.15, 0.2) is 24.3 Å². The first-order chi connectivity index (χ1) is 12.1. The van der Waals surface area contributed by atoms with E-state index in [1.807, 2.05) is 9.80 Å². The lowest BCUT2D eigenvalue weighted by atomic mass is 10.1. The van der Waals surface area contributed by atoms with Crippen LogP contribution in [-0.2, 0) is 20.7 Å². The third kappa shape index (κ3) is 4.78. The first kappa shape index (κ1) is 17.9. The van der Waals surface area contributed by atoms with Crippen LogP contribution in [0.1, 0.15) is 31.2 Å². The lowest BCUT2D eigenvalue weighted by Gasteiger charge is -2.24. The van der Waals surface area contributed by atoms with Gasteiger partial charge in [0.1, 0.15) is 11.9 Å². The predicted molar refractivity (Wildman–Crippen MR) is 91.5 cm³/mol. The SMILES string of the molecule is O=C(CCc1ccc(F)cc1)N1CCCN(C(=O)C2CCCO2)CC1. The zero-order chi connectivity index (χ0) is 17.6. The zero-order valence-corrected chi connectivity index (χ0v) is 14.5. The third-order valence-electron chi connectivity index (χ3n) is 4.91. The summed E-state index contributed by atoms with van der Waals surface area (Å²) in [5.74, 6) is -0.104. The minimum atomic E-state index is -0.291. The Hall–Kier alpha value is -1.95. The van der Waals surface area contributed by atoms with Gasteiger partial charge >= 0.3 is 0 Å². The van der Waals surface area contributed by atoms with Gasteiger partial charge in [-0.2, -0.15) is 0 Å². The fourth-order valence-corrected chi connectivity index (χ4v) is 3.42. The Morgan fingerprint density at radius 1 is 1.04 bits per heavy atom. The van der Waals surface area contributed by atoms with Gasteiger partial charge < -0.3 is 14.5 Å². The molecule has 2 saturated heterocycles. The Morgan fingerprint density at radius 3 is 2.48 bits per heavy atom. The molecule has 1 atom stereocenters. The summed E-state index contributed by atoms with van der Waals surface area (Å²) < 4.78 is 18.4. The monoisotopic (exact) mass is 348 g/mol. The van der Waals surface area contributed by atoms with Gasteiger partial charge in [0, 0.05) is 39.2 Å². The van der Waals surface area contributed by atoms with Crippen molar-refractivity contribution in [1.29, 1.82) is 0 Å². The van der Waals surface area contributed by atoms with E-state index in [9.17, 15) is 14.0 Å². The molecule has 2 fully saturated rings. The third-order valence-corrected chi connectivity index (χ3v) is 4.91. The van der Waals surface area contributed by atoms with E-state index in [1.165, 1.54) is 12.1 Å². The van der Waals surface area contributed by atoms with Crippen molar-refractivity contribution >= 4 is 11.8 Å². The molecule has 2 aliphatic heterocycles. The summed E-state index contributed by atoms with van der Waals surface area (Å²) in [6.45, 7) is 3.16. The number of rotatable bonds is 4. The number of aryl methyl sites for hydroxylation is 1. The van der Waals surface area contributed by atoms with E-state index in [1.54, 1.807) is 12.1 Å². The lowest BCUT2D eigenvalue weighted by Crippen LogP contribution is -2.41. The molecule has 1 unspecified atom stereocenters. The molecule has 0 N–H and O–H groups in total. The van der Waals surface area contributed by atoms with Gasteiger partial charge in [-0.3, -0.25) is 9.59 Å². The number of nitrogens with zero attached hydrogens (tertiary/aromatic N) is 2. The highest BCUT2D eigenvalue weighted by Gasteiger charge is 2.29. The van der Waals surface area contributed by atoms with Crippen LogP contribution in [0, 0.1) is 5.82 Å². The maximum atomic E-state index is 12.9. The van der Waals surface area contributed by atoms with Gasteiger partial charge in [0.15, 0.2) is 0 Å². The number of hydrogen-bond donors (Lipinski definition) is 0. The summed E-state index contributed by atoms with van der Waals surface area (Å²) >= 11 is 0. The Labute approximate surface area is 147 Å². The molecular weight excluding hydrogens is 323 g/mol. The number of carbonyl (C=O) groups is 2. The highest BCUT2D eigenvalue weighted by molar-refractivity contribution is 5.81. The van der Waals surface area contributed by atoms with Crippen LogP contribution in [0.25, 0.3) is 0 Å². The van der Waals surface area contributed by atoms with E-state index in [0.29, 0.717) is 45.6 Å². The van der Waals surface area contributed by atoms with Gasteiger partial charge in [-0.15, -0.1) is 0 Å². The second-order valence-corrected chi connectivity index (χ2v) is 6.69. The van der Waals surface area contributed by atoms with E-state index in [-0.39, 0.29) is 23.7 Å². The first-order valence-electron chi connectivity index (χ1n) is 9.06. The summed E-state index contributed by atoms with van der Waals surface area (Å²) in [6, 6.07) is 6.26. The number of halogens is 1. The summed E-state index contributed by atoms with van der Waals surface area (Å²) in [5.41, 5.74) is 0.958. The Kier molecular flexibility index (Phi) is 6.02. The van der Waals surface area contributed by atoms with Gasteiger partial charge in [-0.05, 0) is 43.4 Å². The summed E-state index contributed by atoms with van der Waals surface area (Å²) in [6.07, 6.45) is 3.26. The fourth-order valence-electron chi connectivity index (χ4n) is 3.42. The van der Waals surface area contributed by atoms with Gasteiger partial charge in [0.25, 0.3) is 5.91 Å². The van der Waals surface area contributed by atoms with Crippen LogP contribution in [0.5, 0.6) is 0 Å². The lowest BCUT2D eigenvalue weighted by molar-refractivity contribution is -0.141. The number of carbonyl (C=O) groups excluding carboxylic acids is 2. The second-order valence-electron chi connectivity index (χ2n) is 6.69. The number of benzene rings is 1. The van der Waals surface area contributed by atoms with Gasteiger partial charge in [-0.25, -0.2) is 4.39 Å². The molecule has 25 heavy (non-hydrogen) atoms. The van der Waals surface area contributed by atoms with Crippen LogP contribution >= 0.6 is 0 Å². The highest BCUT2D eigenvalue weighted by atomic mass is 19.1. The average Bonchev–Trinajstić information content (AvgIpc) is 3.05. The molecule has 0 spiro atoms. The number of amides is 2. The van der Waals surface area contributed by atoms with Crippen molar-refractivity contribution in [3.8, 4) is 0 Å². The van der Waals surface area contributed by atoms with Crippen molar-refractivity contribution in [2.75, 3.05) is 32.8 Å². The van der Waals surface area contributed by atoms with E-state index in [4.69, 9.17) is 4.74 Å². The molecule has 1 aromatic carbocycles. The Bertz CT molecular complexity index is 599. The molecule has 0 aromatic heterocycles. The molecule has 0 saturated carbocycles. The van der Waals surface area contributed by atoms with Crippen LogP contribution in [0.2, 0.25) is 0 Å². The standard InChI is InChI=1S/C19H25FN2O3/c20-16-7-4-15(5-8-16)6-9-18(23)21-10-2-11-22(13-12-21)19(24)17-3-1-14-25-17/h4-5,7-8,17H,1-3,6,9-14H2. The van der Waals surface area contributed by atoms with E-state index in [2.05, 4.69) is 0 Å². The average molecular weight is 348 g/mol. The van der Waals surface area contributed by atoms with Crippen molar-refractivity contribution < 1.29 is 18.7 Å². The molecule has 3 rings (SSSR count). The fraction of sp³-hybridized carbons (Fsp3) is 0.579. The molecular formula is C19H25FN2O3. The topological polar surface area (TPSA) is 49.9 Å². The van der Waals surface area contributed by atoms with Crippen LogP contribution < -0.4 is 0 Å². The molecule has 1 aromatic rings. The maximum Gasteiger partial charge on any atom is 0.251 e. The molecule has 0 aliphatic carbocycles. The van der Waals surface area contributed by atoms with Crippen LogP contribution in [0.3, 0.4) is 0 Å². The molecule has 6 heteroatoms. The Balaban J connectivity index is 1.47. The van der Waals surface area contributed by atoms with E-state index >= 15 is 0 Å². The molecule has 136 valence electrons. The molecule has 5 nitrogen and oxygen atoms in total. The summed E-state index contributed by atoms with van der Waals surface area (Å²) in [4.78, 5) is 28.6. The quantitative estimate of drug-likeness (QED) is 0.836. The maximum absolute atomic E-state index is 12.9. The van der Waals surface area contributed by atoms with Crippen molar-refractivity contribution in [1.82, 2.24) is 9.80 Å². The zero-order valence-electron chi connectivity index (χ0n) is 14.5. The molecule has 2 heterocycles. The summed E-state index contributed by atoms with van der Waals surface area (Å²) in [5, 5.41) is 0. The minimum absolute atomic E-state index is 0.0677. The molecule has 2 amide bonds. The first-order valence-corrected chi connectivity index (χ1v) is 9.06. The van der Waals surface area contributed by atoms with Gasteiger partial charge in [0.2, 0.25) is 5.91 Å². The van der Waals surface area contributed by atoms with Crippen LogP contribution in [0.4, 0.5) is 4.39 Å². The van der Waals surface area contributed by atoms with E-state index < -0.39 is 0 Å². The second kappa shape index (κ2) is 8.43. The van der Waals surface area contributed by atoms with Crippen molar-refractivity contribution in [2.45, 2.75) is 38.2 Å². The predicted octanol–water partition coefficient (Wildman–Crippen LogP) is 2.00. The minimum Gasteiger partial charge on any atom is -0.368 e. The number of ether oxygens (including phenoxy) is 1. The summed E-state index contributed by atoms with van der Waals surface area (Å²) in [7, 11) is 0. The van der Waals surface area contributed by atoms with Crippen molar-refractivity contribution in [2.24, 2.45) is 0 Å². The smallest absolute Gasteiger partial charge is 0.251 e. The number of hydrogen-bond acceptors (Lipinski definition) is 3. The van der Waals surface area contributed by atoms with Crippen LogP contribution in [-0.4, -0.2) is 60.5 Å². The van der Waals surface area contributed by atoms with Crippen molar-refractivity contribution in [3.63, 3.8) is 0 Å². The highest BCUT2D eigenvalue weighted by Crippen LogP contribution is 2.16. The normalized spacial score (nSPS) is 21.2. The molecule has 0 radical (unpaired) electrons. The molecule has 2 aliphatic rings. The van der Waals surface area contributed by atoms with Gasteiger partial charge in [0.05, 0.1) is 0 Å². The van der Waals surface area contributed by atoms with Gasteiger partial charge in [-0.1, -0.05) is 12.1 Å². The molecule has 0 bridgehead atoms. The Morgan fingerprint density at radius 2 is 1.76 bits per heavy atom. The van der Waals surface area contributed by atoms with Crippen molar-refractivity contribution in [3.05, 3.63) is 35.6 Å². The van der Waals surface area contributed by atoms with E-state index in [0.717, 1.165) is 24.8 Å². The largest absolute Gasteiger partial charge is 0.368 e.